The summed E-state index contributed by atoms with van der Waals surface area (Å²) in [6, 6.07) is 4.51. The predicted octanol–water partition coefficient (Wildman–Crippen LogP) is 3.46. The van der Waals surface area contributed by atoms with Crippen LogP contribution < -0.4 is 5.43 Å². The second-order valence-corrected chi connectivity index (χ2v) is 5.18. The van der Waals surface area contributed by atoms with Crippen LogP contribution in [0.4, 0.5) is 0 Å². The number of nitrogens with zero attached hydrogens (tertiary/aromatic N) is 1. The van der Waals surface area contributed by atoms with E-state index in [-0.39, 0.29) is 11.1 Å². The summed E-state index contributed by atoms with van der Waals surface area (Å²) in [5, 5.41) is 10.4. The highest BCUT2D eigenvalue weighted by Gasteiger charge is 2.16. The second kappa shape index (κ2) is 5.67. The largest absolute Gasteiger partial charge is 0.477 e. The average molecular weight is 294 g/mol. The van der Waals surface area contributed by atoms with Gasteiger partial charge in [0.1, 0.15) is 5.69 Å². The van der Waals surface area contributed by atoms with Gasteiger partial charge in [-0.05, 0) is 31.0 Å². The number of aromatic carboxylic acids is 1. The average Bonchev–Trinajstić information content (AvgIpc) is 2.41. The Morgan fingerprint density at radius 1 is 1.40 bits per heavy atom. The summed E-state index contributed by atoms with van der Waals surface area (Å²) < 4.78 is 1.68. The number of benzene rings is 1. The monoisotopic (exact) mass is 293 g/mol. The van der Waals surface area contributed by atoms with Crippen molar-refractivity contribution in [3.8, 4) is 0 Å². The van der Waals surface area contributed by atoms with Crippen LogP contribution in [0.5, 0.6) is 0 Å². The normalized spacial score (nSPS) is 10.9. The molecule has 0 saturated carbocycles. The van der Waals surface area contributed by atoms with E-state index in [0.29, 0.717) is 22.5 Å². The minimum atomic E-state index is -1.10. The molecule has 0 aliphatic rings. The van der Waals surface area contributed by atoms with Crippen LogP contribution in [0.15, 0.2) is 23.0 Å². The number of halogens is 1. The lowest BCUT2D eigenvalue weighted by Gasteiger charge is -2.16. The van der Waals surface area contributed by atoms with E-state index in [1.54, 1.807) is 23.6 Å². The van der Waals surface area contributed by atoms with Gasteiger partial charge in [0.2, 0.25) is 0 Å². The van der Waals surface area contributed by atoms with Gasteiger partial charge in [-0.15, -0.1) is 0 Å². The van der Waals surface area contributed by atoms with Crippen molar-refractivity contribution in [3.05, 3.63) is 44.7 Å². The zero-order valence-corrected chi connectivity index (χ0v) is 12.2. The lowest BCUT2D eigenvalue weighted by molar-refractivity contribution is 0.0684. The fourth-order valence-corrected chi connectivity index (χ4v) is 2.50. The van der Waals surface area contributed by atoms with E-state index >= 15 is 0 Å². The zero-order chi connectivity index (χ0) is 14.9. The van der Waals surface area contributed by atoms with Gasteiger partial charge >= 0.3 is 5.97 Å². The first-order chi connectivity index (χ1) is 9.47. The summed E-state index contributed by atoms with van der Waals surface area (Å²) in [5.74, 6) is -1.10. The molecule has 0 fully saturated rings. The van der Waals surface area contributed by atoms with Gasteiger partial charge in [-0.1, -0.05) is 24.9 Å². The summed E-state index contributed by atoms with van der Waals surface area (Å²) >= 11 is 6.12. The quantitative estimate of drug-likeness (QED) is 0.939. The van der Waals surface area contributed by atoms with Gasteiger partial charge in [-0.2, -0.15) is 0 Å². The number of pyridine rings is 1. The van der Waals surface area contributed by atoms with E-state index in [1.807, 2.05) is 6.92 Å². The Balaban J connectivity index is 2.90. The van der Waals surface area contributed by atoms with Crippen LogP contribution in [0.3, 0.4) is 0 Å². The van der Waals surface area contributed by atoms with Crippen molar-refractivity contribution < 1.29 is 9.90 Å². The number of hydrogen-bond donors (Lipinski definition) is 1. The van der Waals surface area contributed by atoms with Crippen molar-refractivity contribution in [3.63, 3.8) is 0 Å². The number of hydrogen-bond acceptors (Lipinski definition) is 2. The molecule has 5 heteroatoms. The zero-order valence-electron chi connectivity index (χ0n) is 11.4. The van der Waals surface area contributed by atoms with E-state index < -0.39 is 5.97 Å². The predicted molar refractivity (Wildman–Crippen MR) is 79.8 cm³/mol. The molecular weight excluding hydrogens is 278 g/mol. The SMILES string of the molecule is CCCCn1c(C(=O)O)cc(=O)c2ccc(Cl)c(C)c21. The third-order valence-electron chi connectivity index (χ3n) is 3.41. The van der Waals surface area contributed by atoms with Gasteiger partial charge in [0.25, 0.3) is 0 Å². The number of unbranched alkanes of at least 4 members (excludes halogenated alkanes) is 1. The van der Waals surface area contributed by atoms with E-state index in [0.717, 1.165) is 18.4 Å². The number of aryl methyl sites for hydroxylation is 2. The smallest absolute Gasteiger partial charge is 0.352 e. The molecule has 1 aromatic carbocycles. The lowest BCUT2D eigenvalue weighted by atomic mass is 10.1. The molecule has 0 unspecified atom stereocenters. The Kier molecular flexibility index (Phi) is 4.14. The summed E-state index contributed by atoms with van der Waals surface area (Å²) in [7, 11) is 0. The van der Waals surface area contributed by atoms with Crippen molar-refractivity contribution in [2.75, 3.05) is 0 Å². The number of aromatic nitrogens is 1. The maximum absolute atomic E-state index is 12.1. The summed E-state index contributed by atoms with van der Waals surface area (Å²) in [5.41, 5.74) is 1.09. The van der Waals surface area contributed by atoms with Crippen LogP contribution in [-0.2, 0) is 6.54 Å². The first-order valence-corrected chi connectivity index (χ1v) is 6.91. The highest BCUT2D eigenvalue weighted by Crippen LogP contribution is 2.25. The standard InChI is InChI=1S/C15H16ClNO3/c1-3-4-7-17-12(15(19)20)8-13(18)10-5-6-11(16)9(2)14(10)17/h5-6,8H,3-4,7H2,1-2H3,(H,19,20). The van der Waals surface area contributed by atoms with Crippen molar-refractivity contribution in [1.29, 1.82) is 0 Å². The van der Waals surface area contributed by atoms with Crippen LogP contribution in [0.2, 0.25) is 5.02 Å². The summed E-state index contributed by atoms with van der Waals surface area (Å²) in [6.07, 6.45) is 1.77. The van der Waals surface area contributed by atoms with Gasteiger partial charge in [-0.25, -0.2) is 4.79 Å². The van der Waals surface area contributed by atoms with Crippen LogP contribution >= 0.6 is 11.6 Å². The molecule has 2 rings (SSSR count). The summed E-state index contributed by atoms with van der Waals surface area (Å²) in [4.78, 5) is 23.5. The molecule has 0 aliphatic carbocycles. The Bertz CT molecular complexity index is 734. The van der Waals surface area contributed by atoms with E-state index in [9.17, 15) is 14.7 Å². The van der Waals surface area contributed by atoms with Crippen LogP contribution in [0.25, 0.3) is 10.9 Å². The molecule has 1 aromatic heterocycles. The highest BCUT2D eigenvalue weighted by molar-refractivity contribution is 6.32. The van der Waals surface area contributed by atoms with E-state index in [4.69, 9.17) is 11.6 Å². The molecule has 106 valence electrons. The lowest BCUT2D eigenvalue weighted by Crippen LogP contribution is -2.19. The first kappa shape index (κ1) is 14.6. The summed E-state index contributed by atoms with van der Waals surface area (Å²) in [6.45, 7) is 4.39. The van der Waals surface area contributed by atoms with Gasteiger partial charge in [-0.3, -0.25) is 4.79 Å². The number of rotatable bonds is 4. The molecule has 1 heterocycles. The van der Waals surface area contributed by atoms with E-state index in [2.05, 4.69) is 0 Å². The molecule has 0 atom stereocenters. The maximum atomic E-state index is 12.1. The third kappa shape index (κ3) is 2.43. The molecule has 0 amide bonds. The van der Waals surface area contributed by atoms with Crippen LogP contribution in [0, 0.1) is 6.92 Å². The Labute approximate surface area is 121 Å². The number of carboxylic acid groups (broad SMARTS) is 1. The number of carbonyl (C=O) groups is 1. The molecule has 20 heavy (non-hydrogen) atoms. The van der Waals surface area contributed by atoms with Crippen molar-refractivity contribution in [2.45, 2.75) is 33.2 Å². The van der Waals surface area contributed by atoms with Crippen molar-refractivity contribution in [1.82, 2.24) is 4.57 Å². The van der Waals surface area contributed by atoms with Crippen LogP contribution in [-0.4, -0.2) is 15.6 Å². The molecule has 1 N–H and O–H groups in total. The Hall–Kier alpha value is -1.81. The van der Waals surface area contributed by atoms with Gasteiger partial charge in [0.05, 0.1) is 5.52 Å². The Morgan fingerprint density at radius 3 is 2.70 bits per heavy atom. The van der Waals surface area contributed by atoms with Crippen molar-refractivity contribution >= 4 is 28.5 Å². The third-order valence-corrected chi connectivity index (χ3v) is 3.82. The second-order valence-electron chi connectivity index (χ2n) is 4.77. The minimum absolute atomic E-state index is 0.0151. The highest BCUT2D eigenvalue weighted by atomic mass is 35.5. The molecule has 2 aromatic rings. The van der Waals surface area contributed by atoms with Gasteiger partial charge < -0.3 is 9.67 Å². The van der Waals surface area contributed by atoms with Gasteiger partial charge in [0.15, 0.2) is 5.43 Å². The molecule has 0 radical (unpaired) electrons. The Morgan fingerprint density at radius 2 is 2.10 bits per heavy atom. The van der Waals surface area contributed by atoms with Crippen LogP contribution in [0.1, 0.15) is 35.8 Å². The fourth-order valence-electron chi connectivity index (χ4n) is 2.35. The number of fused-ring (bicyclic) bond motifs is 1. The van der Waals surface area contributed by atoms with E-state index in [1.165, 1.54) is 6.07 Å². The molecule has 0 bridgehead atoms. The molecule has 0 aliphatic heterocycles. The van der Waals surface area contributed by atoms with Gasteiger partial charge in [0, 0.05) is 23.0 Å². The topological polar surface area (TPSA) is 59.3 Å². The molecule has 4 nitrogen and oxygen atoms in total. The maximum Gasteiger partial charge on any atom is 0.352 e. The van der Waals surface area contributed by atoms with Crippen molar-refractivity contribution in [2.24, 2.45) is 0 Å². The molecule has 0 saturated heterocycles. The number of carboxylic acids is 1. The molecular formula is C15H16ClNO3. The fraction of sp³-hybridized carbons (Fsp3) is 0.333. The first-order valence-electron chi connectivity index (χ1n) is 6.53. The molecule has 0 spiro atoms. The minimum Gasteiger partial charge on any atom is -0.477 e.